The smallest absolute Gasteiger partial charge is 0.308 e. The van der Waals surface area contributed by atoms with Crippen molar-refractivity contribution < 1.29 is 14.0 Å². The Kier molecular flexibility index (Phi) is 5.92. The van der Waals surface area contributed by atoms with E-state index in [0.29, 0.717) is 16.4 Å². The minimum atomic E-state index is -0.449. The fourth-order valence-electron chi connectivity index (χ4n) is 3.17. The van der Waals surface area contributed by atoms with Crippen LogP contribution in [0.1, 0.15) is 10.9 Å². The molecule has 0 bridgehead atoms. The molecule has 3 aromatic rings. The highest BCUT2D eigenvalue weighted by atomic mass is 35.5. The van der Waals surface area contributed by atoms with Gasteiger partial charge in [-0.3, -0.25) is 9.69 Å². The monoisotopic (exact) mass is 441 g/mol. The van der Waals surface area contributed by atoms with Crippen LogP contribution in [-0.2, 0) is 4.79 Å². The molecule has 0 spiro atoms. The summed E-state index contributed by atoms with van der Waals surface area (Å²) in [5.41, 5.74) is 2.21. The summed E-state index contributed by atoms with van der Waals surface area (Å²) in [6.07, 6.45) is 0. The lowest BCUT2D eigenvalue weighted by Crippen LogP contribution is -2.28. The molecular formula is C22H17ClFN3O2S. The standard InChI is InChI=1S/C22H17ClFN3O2S/c23-15-8-10-16(11-9-15)25-22(29)26-17-5-3-4-14(12-17)21-27(20(28)13-30-21)19-7-2-1-6-18(19)24/h1-12,21H,13H2,(H2,25,26,29). The van der Waals surface area contributed by atoms with Gasteiger partial charge in [-0.1, -0.05) is 35.9 Å². The molecule has 0 radical (unpaired) electrons. The molecule has 0 aliphatic carbocycles. The van der Waals surface area contributed by atoms with E-state index in [-0.39, 0.29) is 22.7 Å². The summed E-state index contributed by atoms with van der Waals surface area (Å²) in [7, 11) is 0. The van der Waals surface area contributed by atoms with Crippen LogP contribution in [0, 0.1) is 5.82 Å². The van der Waals surface area contributed by atoms with Gasteiger partial charge in [-0.25, -0.2) is 9.18 Å². The third-order valence-corrected chi connectivity index (χ3v) is 5.98. The highest BCUT2D eigenvalue weighted by Gasteiger charge is 2.35. The second-order valence-electron chi connectivity index (χ2n) is 6.59. The molecule has 0 saturated carbocycles. The normalized spacial score (nSPS) is 15.9. The summed E-state index contributed by atoms with van der Waals surface area (Å²) in [5.74, 6) is -0.350. The molecule has 5 nitrogen and oxygen atoms in total. The van der Waals surface area contributed by atoms with E-state index in [4.69, 9.17) is 11.6 Å². The maximum Gasteiger partial charge on any atom is 0.323 e. The number of hydrogen-bond acceptors (Lipinski definition) is 3. The van der Waals surface area contributed by atoms with Gasteiger partial charge in [-0.2, -0.15) is 0 Å². The summed E-state index contributed by atoms with van der Waals surface area (Å²) < 4.78 is 14.3. The first kappa shape index (κ1) is 20.3. The van der Waals surface area contributed by atoms with Crippen molar-refractivity contribution in [2.45, 2.75) is 5.37 Å². The van der Waals surface area contributed by atoms with Crippen LogP contribution >= 0.6 is 23.4 Å². The summed E-state index contributed by atoms with van der Waals surface area (Å²) in [6, 6.07) is 19.7. The lowest BCUT2D eigenvalue weighted by molar-refractivity contribution is -0.115. The van der Waals surface area contributed by atoms with Gasteiger partial charge in [0.1, 0.15) is 11.2 Å². The van der Waals surface area contributed by atoms with Crippen LogP contribution in [0.5, 0.6) is 0 Å². The zero-order valence-electron chi connectivity index (χ0n) is 15.6. The van der Waals surface area contributed by atoms with Gasteiger partial charge in [0.15, 0.2) is 0 Å². The summed E-state index contributed by atoms with van der Waals surface area (Å²) in [6.45, 7) is 0. The van der Waals surface area contributed by atoms with E-state index in [2.05, 4.69) is 10.6 Å². The number of hydrogen-bond donors (Lipinski definition) is 2. The van der Waals surface area contributed by atoms with Crippen molar-refractivity contribution >= 4 is 52.4 Å². The fraction of sp³-hybridized carbons (Fsp3) is 0.0909. The number of carbonyl (C=O) groups excluding carboxylic acids is 2. The van der Waals surface area contributed by atoms with Crippen molar-refractivity contribution in [3.63, 3.8) is 0 Å². The molecule has 1 unspecified atom stereocenters. The quantitative estimate of drug-likeness (QED) is 0.529. The number of anilines is 3. The number of carbonyl (C=O) groups is 2. The van der Waals surface area contributed by atoms with Crippen molar-refractivity contribution in [3.8, 4) is 0 Å². The number of benzene rings is 3. The Balaban J connectivity index is 1.52. The number of para-hydroxylation sites is 1. The van der Waals surface area contributed by atoms with E-state index < -0.39 is 11.8 Å². The van der Waals surface area contributed by atoms with Gasteiger partial charge in [0, 0.05) is 16.4 Å². The zero-order chi connectivity index (χ0) is 21.1. The summed E-state index contributed by atoms with van der Waals surface area (Å²) in [5, 5.41) is 5.71. The first-order valence-corrected chi connectivity index (χ1v) is 10.6. The molecule has 3 amide bonds. The molecule has 3 aromatic carbocycles. The molecule has 1 heterocycles. The van der Waals surface area contributed by atoms with Crippen molar-refractivity contribution in [1.82, 2.24) is 0 Å². The minimum Gasteiger partial charge on any atom is -0.308 e. The van der Waals surface area contributed by atoms with Crippen LogP contribution in [0.25, 0.3) is 0 Å². The number of amides is 3. The number of halogens is 2. The molecule has 8 heteroatoms. The SMILES string of the molecule is O=C(Nc1ccc(Cl)cc1)Nc1cccc(C2SCC(=O)N2c2ccccc2F)c1. The first-order chi connectivity index (χ1) is 14.5. The van der Waals surface area contributed by atoms with E-state index >= 15 is 0 Å². The van der Waals surface area contributed by atoms with E-state index in [1.807, 2.05) is 6.07 Å². The van der Waals surface area contributed by atoms with Gasteiger partial charge in [-0.05, 0) is 54.1 Å². The molecular weight excluding hydrogens is 425 g/mol. The average molecular weight is 442 g/mol. The number of nitrogens with one attached hydrogen (secondary N) is 2. The average Bonchev–Trinajstić information content (AvgIpc) is 3.11. The predicted molar refractivity (Wildman–Crippen MR) is 120 cm³/mol. The third-order valence-electron chi connectivity index (χ3n) is 4.51. The van der Waals surface area contributed by atoms with Gasteiger partial charge in [0.05, 0.1) is 11.4 Å². The Hall–Kier alpha value is -3.03. The van der Waals surface area contributed by atoms with Gasteiger partial charge in [0.2, 0.25) is 5.91 Å². The molecule has 30 heavy (non-hydrogen) atoms. The number of urea groups is 1. The van der Waals surface area contributed by atoms with E-state index in [1.54, 1.807) is 60.7 Å². The topological polar surface area (TPSA) is 61.4 Å². The number of rotatable bonds is 4. The van der Waals surface area contributed by atoms with Crippen LogP contribution in [0.4, 0.5) is 26.2 Å². The van der Waals surface area contributed by atoms with Gasteiger partial charge in [0.25, 0.3) is 0 Å². The van der Waals surface area contributed by atoms with Crippen LogP contribution in [0.2, 0.25) is 5.02 Å². The third kappa shape index (κ3) is 4.42. The maximum absolute atomic E-state index is 14.3. The van der Waals surface area contributed by atoms with Gasteiger partial charge < -0.3 is 10.6 Å². The molecule has 1 fully saturated rings. The van der Waals surface area contributed by atoms with Crippen molar-refractivity contribution in [2.24, 2.45) is 0 Å². The van der Waals surface area contributed by atoms with Crippen LogP contribution in [0.15, 0.2) is 72.8 Å². The summed E-state index contributed by atoms with van der Waals surface area (Å²) >= 11 is 7.27. The van der Waals surface area contributed by atoms with Gasteiger partial charge >= 0.3 is 6.03 Å². The highest BCUT2D eigenvalue weighted by molar-refractivity contribution is 8.00. The molecule has 2 N–H and O–H groups in total. The Morgan fingerprint density at radius 2 is 1.73 bits per heavy atom. The van der Waals surface area contributed by atoms with E-state index in [1.165, 1.54) is 22.7 Å². The Morgan fingerprint density at radius 3 is 2.50 bits per heavy atom. The fourth-order valence-corrected chi connectivity index (χ4v) is 4.46. The maximum atomic E-state index is 14.3. The van der Waals surface area contributed by atoms with E-state index in [0.717, 1.165) is 5.56 Å². The van der Waals surface area contributed by atoms with Crippen LogP contribution < -0.4 is 15.5 Å². The largest absolute Gasteiger partial charge is 0.323 e. The molecule has 1 saturated heterocycles. The second-order valence-corrected chi connectivity index (χ2v) is 8.09. The van der Waals surface area contributed by atoms with E-state index in [9.17, 15) is 14.0 Å². The van der Waals surface area contributed by atoms with Gasteiger partial charge in [-0.15, -0.1) is 11.8 Å². The number of thioether (sulfide) groups is 1. The lowest BCUT2D eigenvalue weighted by Gasteiger charge is -2.25. The Morgan fingerprint density at radius 1 is 1.00 bits per heavy atom. The van der Waals surface area contributed by atoms with Crippen LogP contribution in [0.3, 0.4) is 0 Å². The van der Waals surface area contributed by atoms with Crippen molar-refractivity contribution in [1.29, 1.82) is 0 Å². The predicted octanol–water partition coefficient (Wildman–Crippen LogP) is 5.90. The van der Waals surface area contributed by atoms with Crippen molar-refractivity contribution in [2.75, 3.05) is 21.3 Å². The summed E-state index contributed by atoms with van der Waals surface area (Å²) in [4.78, 5) is 26.2. The van der Waals surface area contributed by atoms with Crippen molar-refractivity contribution in [3.05, 3.63) is 89.2 Å². The van der Waals surface area contributed by atoms with Crippen LogP contribution in [-0.4, -0.2) is 17.7 Å². The zero-order valence-corrected chi connectivity index (χ0v) is 17.2. The molecule has 4 rings (SSSR count). The second kappa shape index (κ2) is 8.77. The minimum absolute atomic E-state index is 0.158. The first-order valence-electron chi connectivity index (χ1n) is 9.13. The Bertz CT molecular complexity index is 1090. The molecule has 1 atom stereocenters. The highest BCUT2D eigenvalue weighted by Crippen LogP contribution is 2.42. The molecule has 1 aliphatic heterocycles. The molecule has 152 valence electrons. The Labute approximate surface area is 182 Å². The molecule has 1 aliphatic rings. The lowest BCUT2D eigenvalue weighted by atomic mass is 10.1. The number of nitrogens with zero attached hydrogens (tertiary/aromatic N) is 1. The molecule has 0 aromatic heterocycles.